The van der Waals surface area contributed by atoms with E-state index in [9.17, 15) is 4.79 Å². The number of hydrogen-bond acceptors (Lipinski definition) is 2. The van der Waals surface area contributed by atoms with Gasteiger partial charge in [-0.1, -0.05) is 29.6 Å². The van der Waals surface area contributed by atoms with Crippen LogP contribution >= 0.6 is 23.2 Å². The Hall–Kier alpha value is -0.930. The molecule has 1 aromatic rings. The van der Waals surface area contributed by atoms with Gasteiger partial charge >= 0.3 is 0 Å². The molecule has 0 aromatic heterocycles. The molecule has 1 amide bonds. The Balaban J connectivity index is 1.81. The van der Waals surface area contributed by atoms with E-state index in [1.165, 1.54) is 19.3 Å². The van der Waals surface area contributed by atoms with E-state index in [1.807, 2.05) is 4.90 Å². The van der Waals surface area contributed by atoms with Crippen molar-refractivity contribution in [2.75, 3.05) is 18.8 Å². The normalized spacial score (nSPS) is 25.7. The van der Waals surface area contributed by atoms with Gasteiger partial charge in [0.1, 0.15) is 0 Å². The van der Waals surface area contributed by atoms with Crippen molar-refractivity contribution in [3.8, 4) is 0 Å². The third kappa shape index (κ3) is 2.30. The van der Waals surface area contributed by atoms with Crippen LogP contribution in [0, 0.1) is 11.8 Å². The van der Waals surface area contributed by atoms with Crippen LogP contribution in [0.2, 0.25) is 10.0 Å². The highest BCUT2D eigenvalue weighted by Crippen LogP contribution is 2.38. The van der Waals surface area contributed by atoms with Crippen LogP contribution in [-0.2, 0) is 0 Å². The topological polar surface area (TPSA) is 46.3 Å². The Labute approximate surface area is 122 Å². The molecule has 1 aliphatic carbocycles. The Kier molecular flexibility index (Phi) is 3.35. The summed E-state index contributed by atoms with van der Waals surface area (Å²) in [7, 11) is 0. The minimum atomic E-state index is 0.0136. The highest BCUT2D eigenvalue weighted by atomic mass is 35.5. The average molecular weight is 299 g/mol. The molecule has 2 fully saturated rings. The van der Waals surface area contributed by atoms with Crippen LogP contribution in [0.25, 0.3) is 0 Å². The van der Waals surface area contributed by atoms with Crippen molar-refractivity contribution < 1.29 is 4.79 Å². The van der Waals surface area contributed by atoms with Gasteiger partial charge in [-0.3, -0.25) is 4.79 Å². The first-order valence-electron chi connectivity index (χ1n) is 6.60. The van der Waals surface area contributed by atoms with Gasteiger partial charge in [0, 0.05) is 18.7 Å². The lowest BCUT2D eigenvalue weighted by Gasteiger charge is -2.18. The number of hydrogen-bond donors (Lipinski definition) is 1. The number of nitrogen functional groups attached to an aromatic ring is 1. The zero-order valence-electron chi connectivity index (χ0n) is 10.5. The van der Waals surface area contributed by atoms with Gasteiger partial charge in [0.25, 0.3) is 5.91 Å². The molecule has 0 bridgehead atoms. The highest BCUT2D eigenvalue weighted by Gasteiger charge is 2.38. The maximum Gasteiger partial charge on any atom is 0.254 e. The lowest BCUT2D eigenvalue weighted by atomic mass is 10.0. The minimum absolute atomic E-state index is 0.0136. The third-order valence-electron chi connectivity index (χ3n) is 4.32. The van der Waals surface area contributed by atoms with E-state index in [-0.39, 0.29) is 5.91 Å². The highest BCUT2D eigenvalue weighted by molar-refractivity contribution is 6.43. The summed E-state index contributed by atoms with van der Waals surface area (Å²) >= 11 is 11.9. The number of likely N-dealkylation sites (tertiary alicyclic amines) is 1. The number of carbonyl (C=O) groups excluding carboxylic acids is 1. The van der Waals surface area contributed by atoms with Crippen LogP contribution in [-0.4, -0.2) is 23.9 Å². The number of benzene rings is 1. The fraction of sp³-hybridized carbons (Fsp3) is 0.500. The van der Waals surface area contributed by atoms with E-state index in [2.05, 4.69) is 0 Å². The van der Waals surface area contributed by atoms with E-state index in [0.717, 1.165) is 13.1 Å². The number of nitrogens with two attached hydrogens (primary N) is 1. The summed E-state index contributed by atoms with van der Waals surface area (Å²) in [6.45, 7) is 1.73. The molecule has 0 spiro atoms. The maximum absolute atomic E-state index is 12.5. The number of halogens is 2. The van der Waals surface area contributed by atoms with Crippen molar-refractivity contribution in [1.82, 2.24) is 4.90 Å². The summed E-state index contributed by atoms with van der Waals surface area (Å²) in [5.41, 5.74) is 6.66. The SMILES string of the molecule is Nc1cc(C(=O)N2CC3CCCC3C2)cc(Cl)c1Cl. The molecule has 1 aliphatic heterocycles. The van der Waals surface area contributed by atoms with E-state index in [1.54, 1.807) is 12.1 Å². The zero-order valence-corrected chi connectivity index (χ0v) is 12.0. The van der Waals surface area contributed by atoms with Crippen molar-refractivity contribution in [3.63, 3.8) is 0 Å². The van der Waals surface area contributed by atoms with Gasteiger partial charge in [-0.15, -0.1) is 0 Å². The molecule has 1 aromatic carbocycles. The largest absolute Gasteiger partial charge is 0.397 e. The molecule has 1 heterocycles. The molecule has 3 nitrogen and oxygen atoms in total. The van der Waals surface area contributed by atoms with Crippen LogP contribution in [0.4, 0.5) is 5.69 Å². The van der Waals surface area contributed by atoms with Gasteiger partial charge < -0.3 is 10.6 Å². The first-order valence-corrected chi connectivity index (χ1v) is 7.35. The van der Waals surface area contributed by atoms with Gasteiger partial charge in [0.2, 0.25) is 0 Å². The fourth-order valence-corrected chi connectivity index (χ4v) is 3.65. The van der Waals surface area contributed by atoms with Crippen LogP contribution < -0.4 is 5.73 Å². The quantitative estimate of drug-likeness (QED) is 0.807. The molecule has 2 N–H and O–H groups in total. The summed E-state index contributed by atoms with van der Waals surface area (Å²) in [5.74, 6) is 1.38. The van der Waals surface area contributed by atoms with Crippen LogP contribution in [0.15, 0.2) is 12.1 Å². The monoisotopic (exact) mass is 298 g/mol. The Morgan fingerprint density at radius 3 is 2.42 bits per heavy atom. The number of amides is 1. The van der Waals surface area contributed by atoms with E-state index >= 15 is 0 Å². The molecule has 2 unspecified atom stereocenters. The standard InChI is InChI=1S/C14H16Cl2N2O/c15-11-4-10(5-12(17)13(11)16)14(19)18-6-8-2-1-3-9(8)7-18/h4-5,8-9H,1-3,6-7,17H2. The summed E-state index contributed by atoms with van der Waals surface area (Å²) in [5, 5.41) is 0.654. The number of rotatable bonds is 1. The van der Waals surface area contributed by atoms with Gasteiger partial charge in [-0.05, 0) is 36.8 Å². The second-order valence-electron chi connectivity index (χ2n) is 5.52. The third-order valence-corrected chi connectivity index (χ3v) is 5.13. The van der Waals surface area contributed by atoms with Gasteiger partial charge in [0.15, 0.2) is 0 Å². The predicted molar refractivity (Wildman–Crippen MR) is 77.6 cm³/mol. The molecular weight excluding hydrogens is 283 g/mol. The van der Waals surface area contributed by atoms with Crippen LogP contribution in [0.1, 0.15) is 29.6 Å². The second-order valence-corrected chi connectivity index (χ2v) is 6.31. The lowest BCUT2D eigenvalue weighted by molar-refractivity contribution is 0.0780. The fourth-order valence-electron chi connectivity index (χ4n) is 3.32. The van der Waals surface area contributed by atoms with Gasteiger partial charge in [-0.25, -0.2) is 0 Å². The zero-order chi connectivity index (χ0) is 13.6. The maximum atomic E-state index is 12.5. The average Bonchev–Trinajstić information content (AvgIpc) is 2.94. The Morgan fingerprint density at radius 2 is 1.84 bits per heavy atom. The molecule has 2 atom stereocenters. The molecule has 3 rings (SSSR count). The Bertz CT molecular complexity index is 497. The van der Waals surface area contributed by atoms with E-state index < -0.39 is 0 Å². The van der Waals surface area contributed by atoms with Crippen LogP contribution in [0.5, 0.6) is 0 Å². The van der Waals surface area contributed by atoms with Crippen molar-refractivity contribution in [2.45, 2.75) is 19.3 Å². The summed E-state index contributed by atoms with van der Waals surface area (Å²) in [4.78, 5) is 14.4. The van der Waals surface area contributed by atoms with Crippen molar-refractivity contribution >= 4 is 34.8 Å². The first-order chi connectivity index (χ1) is 9.06. The molecule has 1 saturated carbocycles. The summed E-state index contributed by atoms with van der Waals surface area (Å²) < 4.78 is 0. The molecule has 19 heavy (non-hydrogen) atoms. The van der Waals surface area contributed by atoms with Crippen molar-refractivity contribution in [1.29, 1.82) is 0 Å². The molecule has 2 aliphatic rings. The van der Waals surface area contributed by atoms with E-state index in [0.29, 0.717) is 33.1 Å². The second kappa shape index (κ2) is 4.88. The smallest absolute Gasteiger partial charge is 0.254 e. The number of carbonyl (C=O) groups is 1. The number of nitrogens with zero attached hydrogens (tertiary/aromatic N) is 1. The lowest BCUT2D eigenvalue weighted by Crippen LogP contribution is -2.29. The molecule has 5 heteroatoms. The molecule has 0 radical (unpaired) electrons. The van der Waals surface area contributed by atoms with Crippen molar-refractivity contribution in [2.24, 2.45) is 11.8 Å². The minimum Gasteiger partial charge on any atom is -0.397 e. The summed E-state index contributed by atoms with van der Waals surface area (Å²) in [6, 6.07) is 3.22. The van der Waals surface area contributed by atoms with E-state index in [4.69, 9.17) is 28.9 Å². The van der Waals surface area contributed by atoms with Crippen LogP contribution in [0.3, 0.4) is 0 Å². The first kappa shape index (κ1) is 13.1. The number of anilines is 1. The summed E-state index contributed by atoms with van der Waals surface area (Å²) in [6.07, 6.45) is 3.80. The van der Waals surface area contributed by atoms with Crippen molar-refractivity contribution in [3.05, 3.63) is 27.7 Å². The Morgan fingerprint density at radius 1 is 1.21 bits per heavy atom. The molecule has 1 saturated heterocycles. The molecule has 102 valence electrons. The number of fused-ring (bicyclic) bond motifs is 1. The predicted octanol–water partition coefficient (Wildman–Crippen LogP) is 3.45. The van der Waals surface area contributed by atoms with Gasteiger partial charge in [-0.2, -0.15) is 0 Å². The molecular formula is C14H16Cl2N2O. The van der Waals surface area contributed by atoms with Gasteiger partial charge in [0.05, 0.1) is 15.7 Å².